The molecule has 62 heavy (non-hydrogen) atoms. The summed E-state index contributed by atoms with van der Waals surface area (Å²) >= 11 is 0. The highest BCUT2D eigenvalue weighted by Gasteiger charge is 2.19. The number of anilines is 3. The Hall–Kier alpha value is -8.20. The van der Waals surface area contributed by atoms with Gasteiger partial charge in [-0.3, -0.25) is 0 Å². The molecule has 0 aliphatic rings. The van der Waals surface area contributed by atoms with Crippen LogP contribution in [-0.2, 0) is 0 Å². The summed E-state index contributed by atoms with van der Waals surface area (Å²) in [6.45, 7) is 0. The average Bonchev–Trinajstić information content (AvgIpc) is 3.68. The van der Waals surface area contributed by atoms with Gasteiger partial charge in [0.1, 0.15) is 0 Å². The Morgan fingerprint density at radius 1 is 0.242 bits per heavy atom. The fourth-order valence-corrected chi connectivity index (χ4v) is 9.05. The topological polar surface area (TPSA) is 8.17 Å². The quantitative estimate of drug-likeness (QED) is 0.141. The molecule has 292 valence electrons. The lowest BCUT2D eigenvalue weighted by Gasteiger charge is -2.26. The highest BCUT2D eigenvalue weighted by atomic mass is 15.1. The maximum atomic E-state index is 2.43. The third-order valence-corrected chi connectivity index (χ3v) is 12.0. The van der Waals surface area contributed by atoms with E-state index < -0.39 is 0 Å². The van der Waals surface area contributed by atoms with Crippen LogP contribution in [-0.4, -0.2) is 4.57 Å². The molecule has 0 saturated heterocycles. The van der Waals surface area contributed by atoms with E-state index in [1.165, 1.54) is 77.4 Å². The van der Waals surface area contributed by atoms with Crippen LogP contribution in [0.2, 0.25) is 0 Å². The first-order valence-electron chi connectivity index (χ1n) is 21.3. The third-order valence-electron chi connectivity index (χ3n) is 12.0. The summed E-state index contributed by atoms with van der Waals surface area (Å²) in [5.41, 5.74) is 18.8. The zero-order chi connectivity index (χ0) is 41.2. The van der Waals surface area contributed by atoms with Crippen molar-refractivity contribution in [1.82, 2.24) is 4.57 Å². The molecule has 0 spiro atoms. The lowest BCUT2D eigenvalue weighted by molar-refractivity contribution is 1.17. The van der Waals surface area contributed by atoms with Crippen molar-refractivity contribution in [2.45, 2.75) is 0 Å². The van der Waals surface area contributed by atoms with E-state index in [1.54, 1.807) is 0 Å². The first-order valence-corrected chi connectivity index (χ1v) is 21.3. The number of hydrogen-bond donors (Lipinski definition) is 0. The van der Waals surface area contributed by atoms with Gasteiger partial charge in [-0.05, 0) is 128 Å². The Kier molecular flexibility index (Phi) is 9.57. The first-order chi connectivity index (χ1) is 30.8. The van der Waals surface area contributed by atoms with Gasteiger partial charge in [-0.1, -0.05) is 182 Å². The lowest BCUT2D eigenvalue weighted by Crippen LogP contribution is -2.10. The fourth-order valence-electron chi connectivity index (χ4n) is 9.05. The van der Waals surface area contributed by atoms with Crippen LogP contribution in [0.15, 0.2) is 255 Å². The second-order valence-electron chi connectivity index (χ2n) is 15.7. The molecular formula is C60H42N2. The van der Waals surface area contributed by atoms with Crippen molar-refractivity contribution in [3.63, 3.8) is 0 Å². The number of aromatic nitrogens is 1. The number of benzene rings is 10. The van der Waals surface area contributed by atoms with Crippen molar-refractivity contribution in [1.29, 1.82) is 0 Å². The molecule has 0 atom stereocenters. The van der Waals surface area contributed by atoms with Crippen molar-refractivity contribution in [2.75, 3.05) is 4.90 Å². The highest BCUT2D eigenvalue weighted by molar-refractivity contribution is 6.12. The van der Waals surface area contributed by atoms with E-state index >= 15 is 0 Å². The molecule has 11 rings (SSSR count). The predicted molar refractivity (Wildman–Crippen MR) is 263 cm³/mol. The third kappa shape index (κ3) is 6.84. The van der Waals surface area contributed by atoms with E-state index in [0.29, 0.717) is 0 Å². The first kappa shape index (κ1) is 36.8. The maximum absolute atomic E-state index is 2.43. The van der Waals surface area contributed by atoms with Crippen molar-refractivity contribution in [3.05, 3.63) is 255 Å². The smallest absolute Gasteiger partial charge is 0.0541 e. The Morgan fingerprint density at radius 3 is 1.02 bits per heavy atom. The molecule has 0 aliphatic heterocycles. The second kappa shape index (κ2) is 16.1. The Balaban J connectivity index is 1.06. The molecule has 0 saturated carbocycles. The minimum atomic E-state index is 1.09. The van der Waals surface area contributed by atoms with Gasteiger partial charge in [0.25, 0.3) is 0 Å². The Bertz CT molecular complexity index is 3160. The summed E-state index contributed by atoms with van der Waals surface area (Å²) in [6, 6.07) is 92.0. The van der Waals surface area contributed by atoms with Crippen molar-refractivity contribution >= 4 is 38.9 Å². The molecule has 0 fully saturated rings. The van der Waals surface area contributed by atoms with Gasteiger partial charge in [-0.25, -0.2) is 0 Å². The summed E-state index contributed by atoms with van der Waals surface area (Å²) in [5.74, 6) is 0. The number of nitrogens with zero attached hydrogens (tertiary/aromatic N) is 2. The van der Waals surface area contributed by atoms with Gasteiger partial charge in [0.2, 0.25) is 0 Å². The number of fused-ring (bicyclic) bond motifs is 3. The predicted octanol–water partition coefficient (Wildman–Crippen LogP) is 16.6. The van der Waals surface area contributed by atoms with Crippen LogP contribution in [0.3, 0.4) is 0 Å². The molecule has 2 heteroatoms. The molecule has 0 bridgehead atoms. The minimum absolute atomic E-state index is 1.09. The molecule has 0 radical (unpaired) electrons. The summed E-state index contributed by atoms with van der Waals surface area (Å²) < 4.78 is 2.43. The van der Waals surface area contributed by atoms with Crippen molar-refractivity contribution in [2.24, 2.45) is 0 Å². The Labute approximate surface area is 362 Å². The normalized spacial score (nSPS) is 11.2. The summed E-state index contributed by atoms with van der Waals surface area (Å²) in [6.07, 6.45) is 0. The minimum Gasteiger partial charge on any atom is -0.311 e. The zero-order valence-corrected chi connectivity index (χ0v) is 34.1. The standard InChI is InChI=1S/C60H42N2/c1-5-17-43(18-6-1)44-29-33-50(34-30-44)61(49-23-11-4-12-24-49)51-35-37-52(38-36-51)62-59-39-31-47(55-27-15-13-25-53(55)45-19-7-2-8-20-45)41-57(59)58-42-48(32-40-60(58)62)56-28-16-14-26-54(56)46-21-9-3-10-22-46/h1-42H. The molecule has 1 heterocycles. The van der Waals surface area contributed by atoms with Gasteiger partial charge < -0.3 is 9.47 Å². The second-order valence-corrected chi connectivity index (χ2v) is 15.7. The summed E-state index contributed by atoms with van der Waals surface area (Å²) in [7, 11) is 0. The Morgan fingerprint density at radius 2 is 0.565 bits per heavy atom. The molecule has 0 N–H and O–H groups in total. The molecule has 0 aliphatic carbocycles. The van der Waals surface area contributed by atoms with Crippen LogP contribution < -0.4 is 4.90 Å². The van der Waals surface area contributed by atoms with Crippen molar-refractivity contribution in [3.8, 4) is 61.3 Å². The number of hydrogen-bond acceptors (Lipinski definition) is 1. The largest absolute Gasteiger partial charge is 0.311 e. The van der Waals surface area contributed by atoms with E-state index in [9.17, 15) is 0 Å². The molecular weight excluding hydrogens is 749 g/mol. The molecule has 0 unspecified atom stereocenters. The van der Waals surface area contributed by atoms with Crippen LogP contribution in [0.25, 0.3) is 83.1 Å². The molecule has 0 amide bonds. The number of rotatable bonds is 9. The summed E-state index contributed by atoms with van der Waals surface area (Å²) in [4.78, 5) is 2.33. The van der Waals surface area contributed by atoms with E-state index in [-0.39, 0.29) is 0 Å². The summed E-state index contributed by atoms with van der Waals surface area (Å²) in [5, 5.41) is 2.43. The molecule has 1 aromatic heterocycles. The lowest BCUT2D eigenvalue weighted by atomic mass is 9.92. The maximum Gasteiger partial charge on any atom is 0.0541 e. The van der Waals surface area contributed by atoms with Gasteiger partial charge in [0, 0.05) is 33.5 Å². The van der Waals surface area contributed by atoms with E-state index in [4.69, 9.17) is 0 Å². The SMILES string of the molecule is c1ccc(-c2ccc(N(c3ccccc3)c3ccc(-n4c5ccc(-c6ccccc6-c6ccccc6)cc5c5cc(-c6ccccc6-c6ccccc6)ccc54)cc3)cc2)cc1. The monoisotopic (exact) mass is 790 g/mol. The zero-order valence-electron chi connectivity index (χ0n) is 34.1. The van der Waals surface area contributed by atoms with Gasteiger partial charge >= 0.3 is 0 Å². The number of para-hydroxylation sites is 1. The average molecular weight is 791 g/mol. The van der Waals surface area contributed by atoms with Crippen LogP contribution in [0.5, 0.6) is 0 Å². The molecule has 10 aromatic carbocycles. The van der Waals surface area contributed by atoms with Gasteiger partial charge in [-0.15, -0.1) is 0 Å². The van der Waals surface area contributed by atoms with Crippen LogP contribution >= 0.6 is 0 Å². The van der Waals surface area contributed by atoms with Crippen LogP contribution in [0, 0.1) is 0 Å². The van der Waals surface area contributed by atoms with Gasteiger partial charge in [0.05, 0.1) is 11.0 Å². The van der Waals surface area contributed by atoms with Gasteiger partial charge in [-0.2, -0.15) is 0 Å². The van der Waals surface area contributed by atoms with E-state index in [0.717, 1.165) is 22.7 Å². The molecule has 2 nitrogen and oxygen atoms in total. The molecule has 11 aromatic rings. The van der Waals surface area contributed by atoms with E-state index in [1.807, 2.05) is 0 Å². The van der Waals surface area contributed by atoms with Crippen molar-refractivity contribution < 1.29 is 0 Å². The highest BCUT2D eigenvalue weighted by Crippen LogP contribution is 2.42. The van der Waals surface area contributed by atoms with Gasteiger partial charge in [0.15, 0.2) is 0 Å². The van der Waals surface area contributed by atoms with Crippen LogP contribution in [0.4, 0.5) is 17.1 Å². The fraction of sp³-hybridized carbons (Fsp3) is 0. The van der Waals surface area contributed by atoms with Crippen LogP contribution in [0.1, 0.15) is 0 Å². The van der Waals surface area contributed by atoms with E-state index in [2.05, 4.69) is 264 Å².